The first-order chi connectivity index (χ1) is 16.0. The van der Waals surface area contributed by atoms with Crippen LogP contribution in [0.1, 0.15) is 17.5 Å². The molecular formula is C19H13BrCl2F6N2O3S2. The van der Waals surface area contributed by atoms with Gasteiger partial charge < -0.3 is 4.84 Å². The molecule has 2 aromatic carbocycles. The zero-order valence-corrected chi connectivity index (χ0v) is 21.7. The molecule has 0 unspecified atom stereocenters. The number of alkyl halides is 6. The van der Waals surface area contributed by atoms with Crippen molar-refractivity contribution in [1.29, 1.82) is 0 Å². The van der Waals surface area contributed by atoms with Gasteiger partial charge in [-0.05, 0) is 46.3 Å². The summed E-state index contributed by atoms with van der Waals surface area (Å²) < 4.78 is 104. The van der Waals surface area contributed by atoms with E-state index in [0.717, 1.165) is 12.1 Å². The SMILES string of the molecule is O=S(=O)(CSc1ccc(C2=NO[C@@](c3cc(Cl)cc(Cl)c3)(C(F)(F)F)C2)cc1Br)NCC(F)(F)F. The molecule has 0 bridgehead atoms. The van der Waals surface area contributed by atoms with Gasteiger partial charge in [-0.2, -0.15) is 26.3 Å². The van der Waals surface area contributed by atoms with Crippen LogP contribution in [-0.4, -0.2) is 38.1 Å². The van der Waals surface area contributed by atoms with E-state index in [1.54, 1.807) is 0 Å². The fourth-order valence-corrected chi connectivity index (χ4v) is 6.47. The smallest absolute Gasteiger partial charge is 0.374 e. The first-order valence-corrected chi connectivity index (χ1v) is 13.5. The molecule has 0 saturated heterocycles. The first kappa shape index (κ1) is 28.4. The van der Waals surface area contributed by atoms with Crippen molar-refractivity contribution in [3.63, 3.8) is 0 Å². The van der Waals surface area contributed by atoms with E-state index in [9.17, 15) is 34.8 Å². The predicted molar refractivity (Wildman–Crippen MR) is 124 cm³/mol. The number of rotatable bonds is 7. The van der Waals surface area contributed by atoms with Gasteiger partial charge >= 0.3 is 12.4 Å². The van der Waals surface area contributed by atoms with Crippen molar-refractivity contribution >= 4 is 66.6 Å². The lowest BCUT2D eigenvalue weighted by Crippen LogP contribution is -2.42. The molecule has 2 aromatic rings. The third kappa shape index (κ3) is 6.98. The Balaban J connectivity index is 1.79. The average molecular weight is 646 g/mol. The number of halogens is 9. The van der Waals surface area contributed by atoms with E-state index in [1.165, 1.54) is 29.0 Å². The Bertz CT molecular complexity index is 1240. The summed E-state index contributed by atoms with van der Waals surface area (Å²) in [6, 6.07) is 7.64. The quantitative estimate of drug-likeness (QED) is 0.264. The van der Waals surface area contributed by atoms with Gasteiger partial charge in [-0.25, -0.2) is 13.1 Å². The summed E-state index contributed by atoms with van der Waals surface area (Å²) in [5.74, 6) is 0. The van der Waals surface area contributed by atoms with Crippen LogP contribution < -0.4 is 4.72 Å². The first-order valence-electron chi connectivity index (χ1n) is 9.26. The van der Waals surface area contributed by atoms with Gasteiger partial charge in [-0.1, -0.05) is 34.4 Å². The molecule has 0 spiro atoms. The molecule has 1 aliphatic rings. The van der Waals surface area contributed by atoms with Gasteiger partial charge in [0.25, 0.3) is 5.60 Å². The highest BCUT2D eigenvalue weighted by Gasteiger charge is 2.62. The van der Waals surface area contributed by atoms with E-state index in [0.29, 0.717) is 21.1 Å². The zero-order valence-electron chi connectivity index (χ0n) is 17.0. The summed E-state index contributed by atoms with van der Waals surface area (Å²) in [4.78, 5) is 5.26. The maximum absolute atomic E-state index is 14.1. The second-order valence-corrected chi connectivity index (χ2v) is 12.2. The van der Waals surface area contributed by atoms with Crippen molar-refractivity contribution in [1.82, 2.24) is 4.72 Å². The Morgan fingerprint density at radius 1 is 1.09 bits per heavy atom. The summed E-state index contributed by atoms with van der Waals surface area (Å²) in [5, 5.41) is 2.89. The normalized spacial score (nSPS) is 18.9. The Morgan fingerprint density at radius 2 is 1.71 bits per heavy atom. The highest BCUT2D eigenvalue weighted by Crippen LogP contribution is 2.50. The minimum Gasteiger partial charge on any atom is -0.374 e. The van der Waals surface area contributed by atoms with E-state index >= 15 is 0 Å². The lowest BCUT2D eigenvalue weighted by molar-refractivity contribution is -0.275. The molecule has 16 heteroatoms. The average Bonchev–Trinajstić information content (AvgIpc) is 3.17. The lowest BCUT2D eigenvalue weighted by Gasteiger charge is -2.29. The molecule has 0 aromatic heterocycles. The number of sulfonamides is 1. The predicted octanol–water partition coefficient (Wildman–Crippen LogP) is 6.87. The highest BCUT2D eigenvalue weighted by molar-refractivity contribution is 9.10. The molecule has 192 valence electrons. The molecule has 0 fully saturated rings. The molecule has 0 aliphatic carbocycles. The van der Waals surface area contributed by atoms with Crippen LogP contribution in [0.3, 0.4) is 0 Å². The molecule has 0 radical (unpaired) electrons. The van der Waals surface area contributed by atoms with Gasteiger partial charge in [-0.15, -0.1) is 11.8 Å². The monoisotopic (exact) mass is 644 g/mol. The standard InChI is InChI=1S/C19H13BrCl2F6N2O3S2/c20-14-3-10(1-2-16(14)34-9-35(31,32)29-8-18(23,24)25)15-7-17(33-30-15,19(26,27)28)11-4-12(21)6-13(22)5-11/h1-6,29H,7-9H2/t17-/m0/s1. The van der Waals surface area contributed by atoms with Gasteiger partial charge in [0.15, 0.2) is 0 Å². The molecule has 0 amide bonds. The maximum atomic E-state index is 14.1. The van der Waals surface area contributed by atoms with Gasteiger partial charge in [0, 0.05) is 37.0 Å². The Labute approximate surface area is 218 Å². The van der Waals surface area contributed by atoms with Gasteiger partial charge in [0.1, 0.15) is 11.6 Å². The molecule has 35 heavy (non-hydrogen) atoms. The number of hydrogen-bond acceptors (Lipinski definition) is 5. The van der Waals surface area contributed by atoms with E-state index in [1.807, 2.05) is 0 Å². The van der Waals surface area contributed by atoms with Crippen molar-refractivity contribution in [3.8, 4) is 0 Å². The van der Waals surface area contributed by atoms with E-state index < -0.39 is 46.0 Å². The van der Waals surface area contributed by atoms with Crippen LogP contribution in [-0.2, 0) is 20.5 Å². The Hall–Kier alpha value is -1.19. The van der Waals surface area contributed by atoms with Crippen LogP contribution >= 0.6 is 50.9 Å². The second-order valence-electron chi connectivity index (χ2n) is 7.25. The van der Waals surface area contributed by atoms with Crippen LogP contribution in [0.25, 0.3) is 0 Å². The van der Waals surface area contributed by atoms with Gasteiger partial charge in [0.2, 0.25) is 10.0 Å². The van der Waals surface area contributed by atoms with Crippen molar-refractivity contribution in [2.24, 2.45) is 5.16 Å². The van der Waals surface area contributed by atoms with Crippen molar-refractivity contribution in [2.45, 2.75) is 29.3 Å². The summed E-state index contributed by atoms with van der Waals surface area (Å²) in [6.07, 6.45) is -10.3. The molecule has 3 rings (SSSR count). The van der Waals surface area contributed by atoms with Crippen molar-refractivity contribution in [3.05, 3.63) is 62.0 Å². The van der Waals surface area contributed by atoms with Crippen molar-refractivity contribution in [2.75, 3.05) is 11.6 Å². The number of thioether (sulfide) groups is 1. The zero-order chi connectivity index (χ0) is 26.2. The second kappa shape index (κ2) is 10.3. The number of benzene rings is 2. The fourth-order valence-electron chi connectivity index (χ4n) is 3.02. The Kier molecular flexibility index (Phi) is 8.34. The molecule has 0 saturated carbocycles. The molecule has 1 aliphatic heterocycles. The highest BCUT2D eigenvalue weighted by atomic mass is 79.9. The minimum absolute atomic E-state index is 0.0167. The maximum Gasteiger partial charge on any atom is 0.435 e. The third-order valence-corrected chi connectivity index (χ3v) is 8.96. The summed E-state index contributed by atoms with van der Waals surface area (Å²) in [5.41, 5.74) is -2.95. The van der Waals surface area contributed by atoms with E-state index in [2.05, 4.69) is 21.1 Å². The third-order valence-electron chi connectivity index (χ3n) is 4.64. The minimum atomic E-state index is -4.88. The number of nitrogens with zero attached hydrogens (tertiary/aromatic N) is 1. The Morgan fingerprint density at radius 3 is 2.26 bits per heavy atom. The van der Waals surface area contributed by atoms with Crippen LogP contribution in [0.5, 0.6) is 0 Å². The molecule has 1 N–H and O–H groups in total. The number of oxime groups is 1. The number of nitrogens with one attached hydrogen (secondary N) is 1. The fraction of sp³-hybridized carbons (Fsp3) is 0.316. The van der Waals surface area contributed by atoms with Gasteiger partial charge in [-0.3, -0.25) is 0 Å². The van der Waals surface area contributed by atoms with Crippen molar-refractivity contribution < 1.29 is 39.6 Å². The van der Waals surface area contributed by atoms with Crippen LogP contribution in [0.15, 0.2) is 50.9 Å². The van der Waals surface area contributed by atoms with E-state index in [4.69, 9.17) is 28.0 Å². The molecule has 5 nitrogen and oxygen atoms in total. The molecular weight excluding hydrogens is 633 g/mol. The topological polar surface area (TPSA) is 67.8 Å². The van der Waals surface area contributed by atoms with Crippen LogP contribution in [0.2, 0.25) is 10.0 Å². The van der Waals surface area contributed by atoms with E-state index in [-0.39, 0.29) is 26.9 Å². The molecule has 1 heterocycles. The van der Waals surface area contributed by atoms with Crippen LogP contribution in [0.4, 0.5) is 26.3 Å². The van der Waals surface area contributed by atoms with Crippen LogP contribution in [0, 0.1) is 0 Å². The largest absolute Gasteiger partial charge is 0.435 e. The summed E-state index contributed by atoms with van der Waals surface area (Å²) in [6.45, 7) is -1.70. The summed E-state index contributed by atoms with van der Waals surface area (Å²) in [7, 11) is -4.24. The lowest BCUT2D eigenvalue weighted by atomic mass is 9.86. The number of hydrogen-bond donors (Lipinski definition) is 1. The molecule has 1 atom stereocenters. The summed E-state index contributed by atoms with van der Waals surface area (Å²) >= 11 is 15.7. The van der Waals surface area contributed by atoms with Gasteiger partial charge in [0.05, 0.1) is 5.71 Å².